The molecule has 2 rings (SSSR count). The van der Waals surface area contributed by atoms with Crippen LogP contribution in [0.4, 0.5) is 0 Å². The normalized spacial score (nSPS) is 11.0. The zero-order chi connectivity index (χ0) is 16.7. The van der Waals surface area contributed by atoms with E-state index < -0.39 is 0 Å². The molecular weight excluding hydrogens is 314 g/mol. The molecule has 2 aromatic rings. The van der Waals surface area contributed by atoms with E-state index in [1.807, 2.05) is 24.3 Å². The number of amides is 2. The topological polar surface area (TPSA) is 79.8 Å². The number of hydrazone groups is 1. The molecule has 6 nitrogen and oxygen atoms in total. The largest absolute Gasteiger partial charge is 0.497 e. The predicted molar refractivity (Wildman–Crippen MR) is 90.0 cm³/mol. The molecule has 0 aliphatic rings. The molecule has 0 saturated heterocycles. The highest BCUT2D eigenvalue weighted by Gasteiger charge is 2.08. The van der Waals surface area contributed by atoms with Crippen LogP contribution < -0.4 is 15.5 Å². The summed E-state index contributed by atoms with van der Waals surface area (Å²) in [5, 5.41) is 8.36. The van der Waals surface area contributed by atoms with Crippen LogP contribution in [0.1, 0.15) is 22.2 Å². The summed E-state index contributed by atoms with van der Waals surface area (Å²) in [6.45, 7) is 1.66. The van der Waals surface area contributed by atoms with E-state index in [4.69, 9.17) is 4.74 Å². The molecule has 0 atom stereocenters. The molecule has 2 amide bonds. The Kier molecular flexibility index (Phi) is 5.87. The van der Waals surface area contributed by atoms with Crippen LogP contribution in [0.5, 0.6) is 5.75 Å². The van der Waals surface area contributed by atoms with Crippen molar-refractivity contribution in [1.29, 1.82) is 0 Å². The van der Waals surface area contributed by atoms with E-state index >= 15 is 0 Å². The molecule has 1 heterocycles. The third-order valence-electron chi connectivity index (χ3n) is 3.01. The number of ether oxygens (including phenoxy) is 1. The summed E-state index contributed by atoms with van der Waals surface area (Å²) >= 11 is 1.32. The quantitative estimate of drug-likeness (QED) is 0.628. The lowest BCUT2D eigenvalue weighted by Gasteiger charge is -2.05. The molecule has 0 aliphatic carbocycles. The second-order valence-corrected chi connectivity index (χ2v) is 5.57. The Hall–Kier alpha value is -2.67. The Labute approximate surface area is 138 Å². The summed E-state index contributed by atoms with van der Waals surface area (Å²) in [6, 6.07) is 10.8. The average molecular weight is 331 g/mol. The number of nitrogens with zero attached hydrogens (tertiary/aromatic N) is 1. The lowest BCUT2D eigenvalue weighted by molar-refractivity contribution is -0.120. The van der Waals surface area contributed by atoms with Gasteiger partial charge in [-0.3, -0.25) is 9.59 Å². The summed E-state index contributed by atoms with van der Waals surface area (Å²) in [5.41, 5.74) is 3.94. The minimum absolute atomic E-state index is 0.129. The van der Waals surface area contributed by atoms with Gasteiger partial charge in [0.1, 0.15) is 5.75 Å². The number of carbonyl (C=O) groups is 2. The lowest BCUT2D eigenvalue weighted by Crippen LogP contribution is -2.34. The number of carbonyl (C=O) groups excluding carboxylic acids is 2. The molecule has 0 bridgehead atoms. The molecule has 1 aromatic carbocycles. The summed E-state index contributed by atoms with van der Waals surface area (Å²) in [6.07, 6.45) is 0. The molecule has 7 heteroatoms. The first kappa shape index (κ1) is 16.7. The Morgan fingerprint density at radius 2 is 1.96 bits per heavy atom. The molecule has 120 valence electrons. The van der Waals surface area contributed by atoms with Crippen molar-refractivity contribution in [3.05, 3.63) is 52.2 Å². The standard InChI is InChI=1S/C16H17N3O3S/c1-11(12-5-7-13(22-2)8-6-12)18-19-15(20)10-17-16(21)14-4-3-9-23-14/h3-9H,10H2,1-2H3,(H,17,21)(H,19,20)/b18-11-. The average Bonchev–Trinajstić information content (AvgIpc) is 3.12. The molecule has 0 spiro atoms. The van der Waals surface area contributed by atoms with Gasteiger partial charge in [0.2, 0.25) is 0 Å². The van der Waals surface area contributed by atoms with Gasteiger partial charge in [-0.25, -0.2) is 5.43 Å². The maximum atomic E-state index is 11.7. The highest BCUT2D eigenvalue weighted by atomic mass is 32.1. The van der Waals surface area contributed by atoms with Crippen LogP contribution in [-0.2, 0) is 4.79 Å². The van der Waals surface area contributed by atoms with Gasteiger partial charge in [-0.1, -0.05) is 6.07 Å². The number of benzene rings is 1. The van der Waals surface area contributed by atoms with E-state index in [0.717, 1.165) is 11.3 Å². The monoisotopic (exact) mass is 331 g/mol. The van der Waals surface area contributed by atoms with Crippen LogP contribution in [0, 0.1) is 0 Å². The van der Waals surface area contributed by atoms with Crippen LogP contribution in [0.3, 0.4) is 0 Å². The van der Waals surface area contributed by atoms with Crippen molar-refractivity contribution >= 4 is 28.9 Å². The number of hydrogen-bond donors (Lipinski definition) is 2. The Bertz CT molecular complexity index is 694. The molecule has 2 N–H and O–H groups in total. The molecule has 0 aliphatic heterocycles. The van der Waals surface area contributed by atoms with Crippen molar-refractivity contribution < 1.29 is 14.3 Å². The SMILES string of the molecule is COc1ccc(/C(C)=N\NC(=O)CNC(=O)c2cccs2)cc1. The van der Waals surface area contributed by atoms with E-state index in [-0.39, 0.29) is 18.4 Å². The second kappa shape index (κ2) is 8.09. The first-order chi connectivity index (χ1) is 11.1. The van der Waals surface area contributed by atoms with E-state index in [1.54, 1.807) is 31.5 Å². The van der Waals surface area contributed by atoms with Crippen LogP contribution >= 0.6 is 11.3 Å². The van der Waals surface area contributed by atoms with Crippen molar-refractivity contribution in [2.45, 2.75) is 6.92 Å². The van der Waals surface area contributed by atoms with Gasteiger partial charge in [0.25, 0.3) is 11.8 Å². The van der Waals surface area contributed by atoms with Crippen LogP contribution in [0.2, 0.25) is 0 Å². The van der Waals surface area contributed by atoms with Crippen LogP contribution in [0.25, 0.3) is 0 Å². The minimum Gasteiger partial charge on any atom is -0.497 e. The fourth-order valence-electron chi connectivity index (χ4n) is 1.74. The van der Waals surface area contributed by atoms with Gasteiger partial charge in [0.15, 0.2) is 0 Å². The van der Waals surface area contributed by atoms with Gasteiger partial charge < -0.3 is 10.1 Å². The van der Waals surface area contributed by atoms with Crippen molar-refractivity contribution in [3.8, 4) is 5.75 Å². The third-order valence-corrected chi connectivity index (χ3v) is 3.88. The van der Waals surface area contributed by atoms with Crippen LogP contribution in [-0.4, -0.2) is 31.2 Å². The number of rotatable bonds is 6. The summed E-state index contributed by atoms with van der Waals surface area (Å²) in [7, 11) is 1.60. The van der Waals surface area contributed by atoms with Gasteiger partial charge >= 0.3 is 0 Å². The number of methoxy groups -OCH3 is 1. The zero-order valence-electron chi connectivity index (χ0n) is 12.8. The fourth-order valence-corrected chi connectivity index (χ4v) is 2.38. The second-order valence-electron chi connectivity index (χ2n) is 4.62. The highest BCUT2D eigenvalue weighted by molar-refractivity contribution is 7.12. The Morgan fingerprint density at radius 3 is 2.57 bits per heavy atom. The summed E-state index contributed by atoms with van der Waals surface area (Å²) < 4.78 is 5.08. The molecule has 0 fully saturated rings. The zero-order valence-corrected chi connectivity index (χ0v) is 13.6. The van der Waals surface area contributed by atoms with Crippen molar-refractivity contribution in [2.24, 2.45) is 5.10 Å². The number of thiophene rings is 1. The molecule has 1 aromatic heterocycles. The lowest BCUT2D eigenvalue weighted by atomic mass is 10.1. The van der Waals surface area contributed by atoms with Gasteiger partial charge in [0, 0.05) is 0 Å². The van der Waals surface area contributed by atoms with Crippen molar-refractivity contribution in [2.75, 3.05) is 13.7 Å². The van der Waals surface area contributed by atoms with Gasteiger partial charge in [-0.2, -0.15) is 5.10 Å². The van der Waals surface area contributed by atoms with Crippen molar-refractivity contribution in [3.63, 3.8) is 0 Å². The minimum atomic E-state index is -0.386. The molecule has 0 radical (unpaired) electrons. The summed E-state index contributed by atoms with van der Waals surface area (Å²) in [4.78, 5) is 24.0. The number of nitrogens with one attached hydrogen (secondary N) is 2. The molecular formula is C16H17N3O3S. The molecule has 0 saturated carbocycles. The van der Waals surface area contributed by atoms with Crippen molar-refractivity contribution in [1.82, 2.24) is 10.7 Å². The fraction of sp³-hybridized carbons (Fsp3) is 0.188. The highest BCUT2D eigenvalue weighted by Crippen LogP contribution is 2.11. The third kappa shape index (κ3) is 4.93. The maximum Gasteiger partial charge on any atom is 0.261 e. The number of hydrogen-bond acceptors (Lipinski definition) is 5. The van der Waals surface area contributed by atoms with E-state index in [9.17, 15) is 9.59 Å². The molecule has 23 heavy (non-hydrogen) atoms. The van der Waals surface area contributed by atoms with Gasteiger partial charge in [-0.15, -0.1) is 11.3 Å². The first-order valence-corrected chi connectivity index (χ1v) is 7.77. The van der Waals surface area contributed by atoms with E-state index in [1.165, 1.54) is 11.3 Å². The summed E-state index contributed by atoms with van der Waals surface area (Å²) in [5.74, 6) is 0.0932. The molecule has 0 unspecified atom stereocenters. The van der Waals surface area contributed by atoms with Gasteiger partial charge in [-0.05, 0) is 48.2 Å². The maximum absolute atomic E-state index is 11.7. The van der Waals surface area contributed by atoms with E-state index in [2.05, 4.69) is 15.8 Å². The predicted octanol–water partition coefficient (Wildman–Crippen LogP) is 2.03. The first-order valence-electron chi connectivity index (χ1n) is 6.89. The smallest absolute Gasteiger partial charge is 0.261 e. The van der Waals surface area contributed by atoms with E-state index in [0.29, 0.717) is 10.6 Å². The van der Waals surface area contributed by atoms with Gasteiger partial charge in [0.05, 0.1) is 24.2 Å². The van der Waals surface area contributed by atoms with Crippen LogP contribution in [0.15, 0.2) is 46.9 Å². The Morgan fingerprint density at radius 1 is 1.22 bits per heavy atom. The Balaban J connectivity index is 1.83.